The van der Waals surface area contributed by atoms with Gasteiger partial charge in [0.2, 0.25) is 0 Å². The summed E-state index contributed by atoms with van der Waals surface area (Å²) in [4.78, 5) is 13.0. The van der Waals surface area contributed by atoms with Crippen molar-refractivity contribution in [2.45, 2.75) is 19.3 Å². The second-order valence-electron chi connectivity index (χ2n) is 7.29. The van der Waals surface area contributed by atoms with Crippen LogP contribution in [0.15, 0.2) is 47.2 Å². The zero-order valence-electron chi connectivity index (χ0n) is 16.0. The van der Waals surface area contributed by atoms with Crippen molar-refractivity contribution < 1.29 is 4.92 Å². The van der Waals surface area contributed by atoms with Crippen LogP contribution in [0.4, 0.5) is 5.69 Å². The highest BCUT2D eigenvalue weighted by Gasteiger charge is 2.54. The largest absolute Gasteiger partial charge is 0.399 e. The van der Waals surface area contributed by atoms with Gasteiger partial charge < -0.3 is 5.73 Å². The third kappa shape index (κ3) is 3.12. The van der Waals surface area contributed by atoms with Crippen LogP contribution in [0.3, 0.4) is 0 Å². The summed E-state index contributed by atoms with van der Waals surface area (Å²) in [6.07, 6.45) is 2.86. The van der Waals surface area contributed by atoms with Crippen LogP contribution in [0.1, 0.15) is 24.8 Å². The Labute approximate surface area is 168 Å². The van der Waals surface area contributed by atoms with Gasteiger partial charge in [0.05, 0.1) is 28.3 Å². The number of nitrogens with zero attached hydrogens (tertiary/aromatic N) is 5. The Morgan fingerprint density at radius 2 is 2.07 bits per heavy atom. The number of nitrogens with two attached hydrogens (primary N) is 1. The Hall–Kier alpha value is -3.67. The first-order valence-electron chi connectivity index (χ1n) is 9.33. The van der Waals surface area contributed by atoms with E-state index in [2.05, 4.69) is 17.9 Å². The number of fused-ring (bicyclic) bond motifs is 1. The molecule has 8 nitrogen and oxygen atoms in total. The van der Waals surface area contributed by atoms with Crippen molar-refractivity contribution in [2.75, 3.05) is 19.6 Å². The molecule has 2 N–H and O–H groups in total. The first-order valence-corrected chi connectivity index (χ1v) is 9.33. The summed E-state index contributed by atoms with van der Waals surface area (Å²) in [7, 11) is 0. The fourth-order valence-corrected chi connectivity index (χ4v) is 4.45. The fourth-order valence-electron chi connectivity index (χ4n) is 4.45. The van der Waals surface area contributed by atoms with Crippen LogP contribution < -0.4 is 5.73 Å². The molecule has 29 heavy (non-hydrogen) atoms. The van der Waals surface area contributed by atoms with Crippen LogP contribution in [0.5, 0.6) is 0 Å². The van der Waals surface area contributed by atoms with E-state index in [0.29, 0.717) is 18.7 Å². The van der Waals surface area contributed by atoms with Gasteiger partial charge in [-0.15, -0.1) is 0 Å². The molecule has 2 unspecified atom stereocenters. The molecule has 1 aliphatic heterocycles. The van der Waals surface area contributed by atoms with E-state index in [9.17, 15) is 25.9 Å². The average molecular weight is 388 g/mol. The van der Waals surface area contributed by atoms with Gasteiger partial charge in [0, 0.05) is 37.1 Å². The van der Waals surface area contributed by atoms with E-state index in [4.69, 9.17) is 5.73 Å². The molecule has 0 aromatic heterocycles. The molecule has 8 heteroatoms. The lowest BCUT2D eigenvalue weighted by molar-refractivity contribution is -0.384. The van der Waals surface area contributed by atoms with E-state index in [1.807, 2.05) is 18.2 Å². The maximum atomic E-state index is 11.3. The molecule has 0 radical (unpaired) electrons. The number of allylic oxidation sites excluding steroid dienone is 2. The molecule has 1 aromatic carbocycles. The van der Waals surface area contributed by atoms with E-state index >= 15 is 0 Å². The summed E-state index contributed by atoms with van der Waals surface area (Å²) in [6, 6.07) is 12.2. The topological polar surface area (TPSA) is 144 Å². The van der Waals surface area contributed by atoms with Crippen molar-refractivity contribution in [3.63, 3.8) is 0 Å². The zero-order chi connectivity index (χ0) is 21.2. The minimum Gasteiger partial charge on any atom is -0.399 e. The van der Waals surface area contributed by atoms with Gasteiger partial charge in [-0.25, -0.2) is 0 Å². The van der Waals surface area contributed by atoms with E-state index in [1.54, 1.807) is 12.1 Å². The van der Waals surface area contributed by atoms with E-state index < -0.39 is 16.3 Å². The second kappa shape index (κ2) is 7.75. The van der Waals surface area contributed by atoms with E-state index in [1.165, 1.54) is 12.1 Å². The van der Waals surface area contributed by atoms with Crippen molar-refractivity contribution in [2.24, 2.45) is 17.1 Å². The molecule has 0 spiro atoms. The predicted octanol–water partition coefficient (Wildman–Crippen LogP) is 2.73. The Kier molecular flexibility index (Phi) is 5.37. The normalized spacial score (nSPS) is 23.2. The van der Waals surface area contributed by atoms with Gasteiger partial charge in [-0.1, -0.05) is 25.1 Å². The smallest absolute Gasteiger partial charge is 0.269 e. The Balaban J connectivity index is 2.28. The third-order valence-corrected chi connectivity index (χ3v) is 5.72. The van der Waals surface area contributed by atoms with Gasteiger partial charge >= 0.3 is 0 Å². The monoisotopic (exact) mass is 388 g/mol. The van der Waals surface area contributed by atoms with Crippen molar-refractivity contribution in [1.82, 2.24) is 4.90 Å². The third-order valence-electron chi connectivity index (χ3n) is 5.72. The maximum Gasteiger partial charge on any atom is 0.269 e. The molecule has 146 valence electrons. The van der Waals surface area contributed by atoms with Crippen LogP contribution in [-0.4, -0.2) is 29.5 Å². The first kappa shape index (κ1) is 20.1. The van der Waals surface area contributed by atoms with Crippen LogP contribution in [0.25, 0.3) is 0 Å². The first-order chi connectivity index (χ1) is 13.9. The van der Waals surface area contributed by atoms with Crippen molar-refractivity contribution in [3.05, 3.63) is 62.9 Å². The Bertz CT molecular complexity index is 1020. The molecule has 1 aliphatic carbocycles. The summed E-state index contributed by atoms with van der Waals surface area (Å²) in [5, 5.41) is 41.1. The van der Waals surface area contributed by atoms with Crippen molar-refractivity contribution in [3.8, 4) is 18.2 Å². The molecule has 3 rings (SSSR count). The predicted molar refractivity (Wildman–Crippen MR) is 105 cm³/mol. The summed E-state index contributed by atoms with van der Waals surface area (Å²) in [5.41, 5.74) is 5.66. The lowest BCUT2D eigenvalue weighted by Gasteiger charge is -2.45. The van der Waals surface area contributed by atoms with Crippen LogP contribution in [0, 0.1) is 55.4 Å². The molecule has 1 heterocycles. The number of nitriles is 3. The number of nitro groups is 1. The number of benzene rings is 1. The van der Waals surface area contributed by atoms with Gasteiger partial charge in [0.1, 0.15) is 6.07 Å². The summed E-state index contributed by atoms with van der Waals surface area (Å²) in [6.45, 7) is 4.07. The van der Waals surface area contributed by atoms with E-state index in [0.717, 1.165) is 18.5 Å². The van der Waals surface area contributed by atoms with Crippen molar-refractivity contribution in [1.29, 1.82) is 15.8 Å². The van der Waals surface area contributed by atoms with Crippen LogP contribution in [0.2, 0.25) is 0 Å². The number of non-ortho nitro benzene ring substituents is 1. The molecule has 0 saturated carbocycles. The number of hydrogen-bond acceptors (Lipinski definition) is 7. The summed E-state index contributed by atoms with van der Waals surface area (Å²) < 4.78 is 0. The number of nitro benzene ring substituents is 1. The van der Waals surface area contributed by atoms with Gasteiger partial charge in [-0.2, -0.15) is 15.8 Å². The molecule has 0 amide bonds. The standard InChI is InChI=1S/C21H20N6O2/c1-2-7-26-8-6-16-17(10-22)20(25)21(12-23,13-24)19(18(16)11-26)14-4-3-5-15(9-14)27(28)29/h3-6,9,18-19H,2,7-8,11,25H2,1H3. The van der Waals surface area contributed by atoms with Gasteiger partial charge in [0.25, 0.3) is 5.69 Å². The van der Waals surface area contributed by atoms with Gasteiger partial charge in [-0.3, -0.25) is 15.0 Å². The highest BCUT2D eigenvalue weighted by atomic mass is 16.6. The minimum atomic E-state index is -1.78. The second-order valence-corrected chi connectivity index (χ2v) is 7.29. The lowest BCUT2D eigenvalue weighted by atomic mass is 9.58. The van der Waals surface area contributed by atoms with E-state index in [-0.39, 0.29) is 22.9 Å². The molecule has 2 atom stereocenters. The number of hydrogen-bond donors (Lipinski definition) is 1. The molecule has 0 bridgehead atoms. The average Bonchev–Trinajstić information content (AvgIpc) is 2.73. The highest BCUT2D eigenvalue weighted by molar-refractivity contribution is 5.60. The fraction of sp³-hybridized carbons (Fsp3) is 0.381. The zero-order valence-corrected chi connectivity index (χ0v) is 16.0. The highest BCUT2D eigenvalue weighted by Crippen LogP contribution is 2.54. The quantitative estimate of drug-likeness (QED) is 0.616. The Morgan fingerprint density at radius 3 is 2.66 bits per heavy atom. The lowest BCUT2D eigenvalue weighted by Crippen LogP contribution is -2.48. The minimum absolute atomic E-state index is 0.0760. The van der Waals surface area contributed by atoms with Gasteiger partial charge in [0.15, 0.2) is 5.41 Å². The number of rotatable bonds is 4. The van der Waals surface area contributed by atoms with Crippen LogP contribution >= 0.6 is 0 Å². The molecular weight excluding hydrogens is 368 g/mol. The molecule has 1 aromatic rings. The maximum absolute atomic E-state index is 11.3. The Morgan fingerprint density at radius 1 is 1.34 bits per heavy atom. The summed E-state index contributed by atoms with van der Waals surface area (Å²) in [5.74, 6) is -1.07. The van der Waals surface area contributed by atoms with Crippen molar-refractivity contribution >= 4 is 5.69 Å². The molecule has 0 fully saturated rings. The molecule has 2 aliphatic rings. The molecule has 0 saturated heterocycles. The van der Waals surface area contributed by atoms with Crippen LogP contribution in [-0.2, 0) is 0 Å². The SMILES string of the molecule is CCCN1CC=C2C(C#N)=C(N)C(C#N)(C#N)C(c3cccc([N+](=O)[O-])c3)C2C1. The van der Waals surface area contributed by atoms with Gasteiger partial charge in [-0.05, 0) is 24.1 Å². The molecular formula is C21H20N6O2. The summed E-state index contributed by atoms with van der Waals surface area (Å²) >= 11 is 0.